The number of nitrogens with zero attached hydrogens (tertiary/aromatic N) is 4. The van der Waals surface area contributed by atoms with E-state index < -0.39 is 0 Å². The Hall–Kier alpha value is -2.67. The van der Waals surface area contributed by atoms with Crippen molar-refractivity contribution in [2.75, 3.05) is 11.9 Å². The average molecular weight is 318 g/mol. The average Bonchev–Trinajstić information content (AvgIpc) is 2.96. The van der Waals surface area contributed by atoms with Gasteiger partial charge in [0.25, 0.3) is 5.56 Å². The fourth-order valence-corrected chi connectivity index (χ4v) is 2.05. The number of hydrogen-bond acceptors (Lipinski definition) is 6. The first-order valence-electron chi connectivity index (χ1n) is 6.46. The lowest BCUT2D eigenvalue weighted by Gasteiger charge is -2.16. The van der Waals surface area contributed by atoms with Gasteiger partial charge in [0.2, 0.25) is 11.7 Å². The number of aromatic nitrogens is 4. The minimum atomic E-state index is -0.312. The smallest absolute Gasteiger partial charge is 0.261 e. The molecule has 0 aliphatic carbocycles. The second-order valence-electron chi connectivity index (χ2n) is 4.64. The van der Waals surface area contributed by atoms with Crippen LogP contribution in [-0.2, 0) is 6.54 Å². The van der Waals surface area contributed by atoms with E-state index in [4.69, 9.17) is 16.1 Å². The van der Waals surface area contributed by atoms with Crippen LogP contribution >= 0.6 is 11.6 Å². The molecular formula is C14H12ClN5O2. The van der Waals surface area contributed by atoms with E-state index in [2.05, 4.69) is 20.1 Å². The van der Waals surface area contributed by atoms with Crippen molar-refractivity contribution >= 4 is 17.3 Å². The summed E-state index contributed by atoms with van der Waals surface area (Å²) < 4.78 is 5.18. The van der Waals surface area contributed by atoms with Gasteiger partial charge in [-0.2, -0.15) is 4.98 Å². The van der Waals surface area contributed by atoms with Crippen LogP contribution in [0.3, 0.4) is 0 Å². The Labute approximate surface area is 130 Å². The molecule has 3 aromatic rings. The van der Waals surface area contributed by atoms with Crippen molar-refractivity contribution in [3.8, 4) is 11.4 Å². The summed E-state index contributed by atoms with van der Waals surface area (Å²) in [6, 6.07) is 7.40. The van der Waals surface area contributed by atoms with Gasteiger partial charge in [0, 0.05) is 24.0 Å². The molecule has 1 N–H and O–H groups in total. The first-order valence-corrected chi connectivity index (χ1v) is 6.83. The molecule has 8 heteroatoms. The molecule has 0 radical (unpaired) electrons. The molecule has 0 spiro atoms. The van der Waals surface area contributed by atoms with Crippen LogP contribution in [0.25, 0.3) is 11.4 Å². The van der Waals surface area contributed by atoms with Crippen LogP contribution in [0, 0.1) is 0 Å². The van der Waals surface area contributed by atoms with E-state index in [0.29, 0.717) is 17.5 Å². The molecule has 0 aliphatic heterocycles. The zero-order chi connectivity index (χ0) is 15.5. The van der Waals surface area contributed by atoms with Crippen LogP contribution < -0.4 is 10.5 Å². The van der Waals surface area contributed by atoms with Crippen LogP contribution in [0.1, 0.15) is 5.89 Å². The summed E-state index contributed by atoms with van der Waals surface area (Å²) in [6.45, 7) is 0.410. The minimum Gasteiger partial charge on any atom is -0.365 e. The summed E-state index contributed by atoms with van der Waals surface area (Å²) >= 11 is 5.86. The fourth-order valence-electron chi connectivity index (χ4n) is 1.92. The molecule has 0 bridgehead atoms. The van der Waals surface area contributed by atoms with Gasteiger partial charge in [-0.25, -0.2) is 4.98 Å². The predicted octanol–water partition coefficient (Wildman–Crippen LogP) is 2.11. The van der Waals surface area contributed by atoms with Crippen molar-refractivity contribution < 1.29 is 4.52 Å². The van der Waals surface area contributed by atoms with Crippen molar-refractivity contribution in [2.45, 2.75) is 6.54 Å². The molecule has 1 aromatic carbocycles. The molecule has 22 heavy (non-hydrogen) atoms. The Morgan fingerprint density at radius 1 is 1.32 bits per heavy atom. The zero-order valence-electron chi connectivity index (χ0n) is 11.7. The van der Waals surface area contributed by atoms with Gasteiger partial charge in [-0.3, -0.25) is 4.79 Å². The quantitative estimate of drug-likeness (QED) is 0.793. The van der Waals surface area contributed by atoms with Gasteiger partial charge < -0.3 is 14.4 Å². The number of hydrogen-bond donors (Lipinski definition) is 1. The topological polar surface area (TPSA) is 87.9 Å². The summed E-state index contributed by atoms with van der Waals surface area (Å²) in [5, 5.41) is 4.49. The van der Waals surface area contributed by atoms with Crippen LogP contribution in [0.5, 0.6) is 0 Å². The van der Waals surface area contributed by atoms with E-state index in [9.17, 15) is 4.79 Å². The molecule has 0 atom stereocenters. The van der Waals surface area contributed by atoms with E-state index >= 15 is 0 Å². The van der Waals surface area contributed by atoms with Crippen LogP contribution in [0.4, 0.5) is 5.69 Å². The maximum Gasteiger partial charge on any atom is 0.261 e. The molecule has 2 heterocycles. The van der Waals surface area contributed by atoms with E-state index in [1.54, 1.807) is 0 Å². The Balaban J connectivity index is 1.78. The van der Waals surface area contributed by atoms with Crippen LogP contribution in [-0.4, -0.2) is 27.2 Å². The number of nitrogens with one attached hydrogen (secondary N) is 1. The summed E-state index contributed by atoms with van der Waals surface area (Å²) in [7, 11) is 1.89. The Bertz CT molecular complexity index is 828. The molecule has 0 saturated heterocycles. The normalized spacial score (nSPS) is 10.6. The van der Waals surface area contributed by atoms with Crippen LogP contribution in [0.15, 0.2) is 46.1 Å². The Kier molecular flexibility index (Phi) is 3.88. The van der Waals surface area contributed by atoms with Gasteiger partial charge in [0.15, 0.2) is 0 Å². The van der Waals surface area contributed by atoms with Gasteiger partial charge in [0.1, 0.15) is 5.56 Å². The largest absolute Gasteiger partial charge is 0.365 e. The Morgan fingerprint density at radius 3 is 2.82 bits per heavy atom. The van der Waals surface area contributed by atoms with E-state index in [0.717, 1.165) is 5.69 Å². The minimum absolute atomic E-state index is 0.217. The summed E-state index contributed by atoms with van der Waals surface area (Å²) in [5.41, 5.74) is 0.920. The van der Waals surface area contributed by atoms with Crippen molar-refractivity contribution in [2.24, 2.45) is 0 Å². The first kappa shape index (κ1) is 14.3. The summed E-state index contributed by atoms with van der Waals surface area (Å²) in [5.74, 6) is 0.615. The van der Waals surface area contributed by atoms with Gasteiger partial charge in [-0.1, -0.05) is 16.8 Å². The molecule has 0 unspecified atom stereocenters. The molecule has 0 aliphatic rings. The van der Waals surface area contributed by atoms with E-state index in [1.807, 2.05) is 36.2 Å². The SMILES string of the molecule is CN(Cc1nc(-c2cnc[nH]c2=O)no1)c1ccc(Cl)cc1. The van der Waals surface area contributed by atoms with Gasteiger partial charge in [-0.05, 0) is 24.3 Å². The number of aromatic amines is 1. The van der Waals surface area contributed by atoms with Crippen molar-refractivity contribution in [3.63, 3.8) is 0 Å². The highest BCUT2D eigenvalue weighted by molar-refractivity contribution is 6.30. The maximum absolute atomic E-state index is 11.7. The van der Waals surface area contributed by atoms with E-state index in [1.165, 1.54) is 12.5 Å². The monoisotopic (exact) mass is 317 g/mol. The second kappa shape index (κ2) is 5.98. The molecule has 3 rings (SSSR count). The molecule has 2 aromatic heterocycles. The summed E-state index contributed by atoms with van der Waals surface area (Å²) in [6.07, 6.45) is 2.71. The molecule has 0 saturated carbocycles. The lowest BCUT2D eigenvalue weighted by Crippen LogP contribution is -2.16. The third kappa shape index (κ3) is 2.99. The van der Waals surface area contributed by atoms with Gasteiger partial charge >= 0.3 is 0 Å². The third-order valence-electron chi connectivity index (χ3n) is 3.07. The molecular weight excluding hydrogens is 306 g/mol. The number of anilines is 1. The predicted molar refractivity (Wildman–Crippen MR) is 81.7 cm³/mol. The van der Waals surface area contributed by atoms with Gasteiger partial charge in [0.05, 0.1) is 12.9 Å². The number of benzene rings is 1. The van der Waals surface area contributed by atoms with Crippen molar-refractivity contribution in [1.29, 1.82) is 0 Å². The highest BCUT2D eigenvalue weighted by Gasteiger charge is 2.13. The number of H-pyrrole nitrogens is 1. The zero-order valence-corrected chi connectivity index (χ0v) is 12.4. The molecule has 7 nitrogen and oxygen atoms in total. The van der Waals surface area contributed by atoms with E-state index in [-0.39, 0.29) is 16.9 Å². The summed E-state index contributed by atoms with van der Waals surface area (Å²) in [4.78, 5) is 24.1. The second-order valence-corrected chi connectivity index (χ2v) is 5.08. The number of rotatable bonds is 4. The van der Waals surface area contributed by atoms with Crippen LogP contribution in [0.2, 0.25) is 5.02 Å². The highest BCUT2D eigenvalue weighted by atomic mass is 35.5. The number of halogens is 1. The lowest BCUT2D eigenvalue weighted by atomic mass is 10.3. The fraction of sp³-hybridized carbons (Fsp3) is 0.143. The molecule has 0 fully saturated rings. The maximum atomic E-state index is 11.7. The standard InChI is InChI=1S/C14H12ClN5O2/c1-20(10-4-2-9(15)3-5-10)7-12-18-13(19-22-12)11-6-16-8-17-14(11)21/h2-6,8H,7H2,1H3,(H,16,17,21). The third-order valence-corrected chi connectivity index (χ3v) is 3.32. The molecule has 112 valence electrons. The van der Waals surface area contributed by atoms with Crippen molar-refractivity contribution in [1.82, 2.24) is 20.1 Å². The lowest BCUT2D eigenvalue weighted by molar-refractivity contribution is 0.378. The van der Waals surface area contributed by atoms with Crippen molar-refractivity contribution in [3.05, 3.63) is 58.1 Å². The first-order chi connectivity index (χ1) is 10.6. The highest BCUT2D eigenvalue weighted by Crippen LogP contribution is 2.19. The molecule has 0 amide bonds. The van der Waals surface area contributed by atoms with Gasteiger partial charge in [-0.15, -0.1) is 0 Å². The Morgan fingerprint density at radius 2 is 2.09 bits per heavy atom.